The molecule has 12 heavy (non-hydrogen) atoms. The Morgan fingerprint density at radius 1 is 1.33 bits per heavy atom. The number of halogens is 1. The van der Waals surface area contributed by atoms with Crippen LogP contribution in [0.25, 0.3) is 0 Å². The third-order valence-electron chi connectivity index (χ3n) is 2.00. The molecule has 66 valence electrons. The van der Waals surface area contributed by atoms with Crippen molar-refractivity contribution >= 4 is 15.9 Å². The molecule has 0 aliphatic rings. The maximum Gasteiger partial charge on any atom is 0.0436 e. The standard InChI is InChI=1S/C10H13BrO/c1-8(6-7-12)9-2-4-10(11)5-3-9/h2-5,8,12H,6-7H2,1H3. The molecule has 1 rings (SSSR count). The van der Waals surface area contributed by atoms with E-state index in [-0.39, 0.29) is 6.61 Å². The Morgan fingerprint density at radius 3 is 2.42 bits per heavy atom. The zero-order valence-electron chi connectivity index (χ0n) is 7.13. The van der Waals surface area contributed by atoms with E-state index in [1.807, 2.05) is 12.1 Å². The summed E-state index contributed by atoms with van der Waals surface area (Å²) in [7, 11) is 0. The minimum absolute atomic E-state index is 0.261. The summed E-state index contributed by atoms with van der Waals surface area (Å²) in [5.41, 5.74) is 1.28. The Morgan fingerprint density at radius 2 is 1.92 bits per heavy atom. The monoisotopic (exact) mass is 228 g/mol. The maximum atomic E-state index is 8.74. The van der Waals surface area contributed by atoms with E-state index in [9.17, 15) is 0 Å². The lowest BCUT2D eigenvalue weighted by Gasteiger charge is -2.09. The quantitative estimate of drug-likeness (QED) is 0.844. The molecule has 0 bridgehead atoms. The van der Waals surface area contributed by atoms with Crippen molar-refractivity contribution in [1.82, 2.24) is 0 Å². The number of aliphatic hydroxyl groups excluding tert-OH is 1. The number of hydrogen-bond acceptors (Lipinski definition) is 1. The van der Waals surface area contributed by atoms with Gasteiger partial charge in [-0.05, 0) is 30.0 Å². The molecule has 1 N–H and O–H groups in total. The van der Waals surface area contributed by atoms with Gasteiger partial charge in [-0.1, -0.05) is 35.0 Å². The minimum Gasteiger partial charge on any atom is -0.396 e. The average Bonchev–Trinajstić information content (AvgIpc) is 2.06. The predicted octanol–water partition coefficient (Wildman–Crippen LogP) is 2.94. The molecule has 0 aliphatic heterocycles. The number of aliphatic hydroxyl groups is 1. The van der Waals surface area contributed by atoms with Gasteiger partial charge in [0, 0.05) is 11.1 Å². The molecule has 0 amide bonds. The van der Waals surface area contributed by atoms with Crippen molar-refractivity contribution in [2.75, 3.05) is 6.61 Å². The van der Waals surface area contributed by atoms with Gasteiger partial charge in [-0.15, -0.1) is 0 Å². The first-order valence-electron chi connectivity index (χ1n) is 4.10. The molecule has 0 spiro atoms. The molecule has 0 saturated heterocycles. The first-order chi connectivity index (χ1) is 5.74. The third-order valence-corrected chi connectivity index (χ3v) is 2.53. The van der Waals surface area contributed by atoms with E-state index in [0.29, 0.717) is 5.92 Å². The molecule has 0 radical (unpaired) electrons. The molecular weight excluding hydrogens is 216 g/mol. The zero-order valence-corrected chi connectivity index (χ0v) is 8.71. The molecule has 0 saturated carbocycles. The lowest BCUT2D eigenvalue weighted by molar-refractivity contribution is 0.278. The molecule has 1 nitrogen and oxygen atoms in total. The third kappa shape index (κ3) is 2.61. The van der Waals surface area contributed by atoms with Gasteiger partial charge < -0.3 is 5.11 Å². The molecule has 0 heterocycles. The Labute approximate surface area is 81.6 Å². The van der Waals surface area contributed by atoms with E-state index in [2.05, 4.69) is 35.0 Å². The van der Waals surface area contributed by atoms with Crippen LogP contribution in [0.2, 0.25) is 0 Å². The topological polar surface area (TPSA) is 20.2 Å². The lowest BCUT2D eigenvalue weighted by Crippen LogP contribution is -1.95. The van der Waals surface area contributed by atoms with Crippen LogP contribution in [0.5, 0.6) is 0 Å². The molecule has 0 aliphatic carbocycles. The van der Waals surface area contributed by atoms with E-state index in [0.717, 1.165) is 10.9 Å². The molecule has 1 unspecified atom stereocenters. The van der Waals surface area contributed by atoms with Crippen LogP contribution in [0.4, 0.5) is 0 Å². The van der Waals surface area contributed by atoms with Gasteiger partial charge >= 0.3 is 0 Å². The summed E-state index contributed by atoms with van der Waals surface area (Å²) in [6.45, 7) is 2.39. The highest BCUT2D eigenvalue weighted by Gasteiger charge is 2.03. The van der Waals surface area contributed by atoms with Crippen LogP contribution in [0.3, 0.4) is 0 Å². The number of benzene rings is 1. The fraction of sp³-hybridized carbons (Fsp3) is 0.400. The molecule has 0 fully saturated rings. The van der Waals surface area contributed by atoms with E-state index in [1.165, 1.54) is 5.56 Å². The van der Waals surface area contributed by atoms with E-state index in [4.69, 9.17) is 5.11 Å². The predicted molar refractivity (Wildman–Crippen MR) is 54.3 cm³/mol. The molecular formula is C10H13BrO. The highest BCUT2D eigenvalue weighted by molar-refractivity contribution is 9.10. The lowest BCUT2D eigenvalue weighted by atomic mass is 9.99. The Balaban J connectivity index is 2.68. The van der Waals surface area contributed by atoms with Crippen molar-refractivity contribution in [1.29, 1.82) is 0 Å². The van der Waals surface area contributed by atoms with Gasteiger partial charge in [0.1, 0.15) is 0 Å². The Bertz CT molecular complexity index is 230. The normalized spacial score (nSPS) is 12.9. The van der Waals surface area contributed by atoms with Crippen LogP contribution < -0.4 is 0 Å². The van der Waals surface area contributed by atoms with Gasteiger partial charge in [-0.25, -0.2) is 0 Å². The summed E-state index contributed by atoms with van der Waals surface area (Å²) < 4.78 is 1.10. The van der Waals surface area contributed by atoms with E-state index in [1.54, 1.807) is 0 Å². The second-order valence-electron chi connectivity index (χ2n) is 2.96. The average molecular weight is 229 g/mol. The van der Waals surface area contributed by atoms with Crippen molar-refractivity contribution < 1.29 is 5.11 Å². The summed E-state index contributed by atoms with van der Waals surface area (Å²) in [5, 5.41) is 8.74. The van der Waals surface area contributed by atoms with Gasteiger partial charge in [0.2, 0.25) is 0 Å². The highest BCUT2D eigenvalue weighted by Crippen LogP contribution is 2.20. The molecule has 0 aromatic heterocycles. The number of rotatable bonds is 3. The van der Waals surface area contributed by atoms with Crippen LogP contribution in [-0.2, 0) is 0 Å². The van der Waals surface area contributed by atoms with Gasteiger partial charge in [-0.3, -0.25) is 0 Å². The van der Waals surface area contributed by atoms with E-state index >= 15 is 0 Å². The van der Waals surface area contributed by atoms with Crippen molar-refractivity contribution in [3.8, 4) is 0 Å². The highest BCUT2D eigenvalue weighted by atomic mass is 79.9. The second-order valence-corrected chi connectivity index (χ2v) is 3.88. The zero-order chi connectivity index (χ0) is 8.97. The molecule has 2 heteroatoms. The Kier molecular flexibility index (Phi) is 3.76. The SMILES string of the molecule is CC(CCO)c1ccc(Br)cc1. The van der Waals surface area contributed by atoms with E-state index < -0.39 is 0 Å². The summed E-state index contributed by atoms with van der Waals surface area (Å²) in [6.07, 6.45) is 0.835. The van der Waals surface area contributed by atoms with Crippen LogP contribution >= 0.6 is 15.9 Å². The summed E-state index contributed by atoms with van der Waals surface area (Å²) in [5.74, 6) is 0.447. The van der Waals surface area contributed by atoms with Crippen molar-refractivity contribution in [2.45, 2.75) is 19.3 Å². The summed E-state index contributed by atoms with van der Waals surface area (Å²) in [4.78, 5) is 0. The molecule has 1 aromatic rings. The molecule has 1 aromatic carbocycles. The van der Waals surface area contributed by atoms with Crippen LogP contribution in [0.1, 0.15) is 24.8 Å². The minimum atomic E-state index is 0.261. The largest absolute Gasteiger partial charge is 0.396 e. The van der Waals surface area contributed by atoms with Crippen LogP contribution in [0.15, 0.2) is 28.7 Å². The van der Waals surface area contributed by atoms with Crippen molar-refractivity contribution in [3.63, 3.8) is 0 Å². The van der Waals surface area contributed by atoms with Crippen molar-refractivity contribution in [2.24, 2.45) is 0 Å². The van der Waals surface area contributed by atoms with Gasteiger partial charge in [0.05, 0.1) is 0 Å². The van der Waals surface area contributed by atoms with Gasteiger partial charge in [-0.2, -0.15) is 0 Å². The second kappa shape index (κ2) is 4.63. The first-order valence-corrected chi connectivity index (χ1v) is 4.89. The fourth-order valence-electron chi connectivity index (χ4n) is 1.15. The fourth-order valence-corrected chi connectivity index (χ4v) is 1.42. The smallest absolute Gasteiger partial charge is 0.0436 e. The Hall–Kier alpha value is -0.340. The summed E-state index contributed by atoms with van der Waals surface area (Å²) >= 11 is 3.38. The maximum absolute atomic E-state index is 8.74. The van der Waals surface area contributed by atoms with Crippen molar-refractivity contribution in [3.05, 3.63) is 34.3 Å². The molecule has 1 atom stereocenters. The van der Waals surface area contributed by atoms with Gasteiger partial charge in [0.25, 0.3) is 0 Å². The van der Waals surface area contributed by atoms with Gasteiger partial charge in [0.15, 0.2) is 0 Å². The first kappa shape index (κ1) is 9.75. The van der Waals surface area contributed by atoms with Crippen LogP contribution in [0, 0.1) is 0 Å². The summed E-state index contributed by atoms with van der Waals surface area (Å²) in [6, 6.07) is 8.24. The van der Waals surface area contributed by atoms with Crippen LogP contribution in [-0.4, -0.2) is 11.7 Å². The number of hydrogen-bond donors (Lipinski definition) is 1.